The minimum atomic E-state index is -0.695. The van der Waals surface area contributed by atoms with Crippen LogP contribution in [-0.2, 0) is 11.3 Å². The number of nitrogens with zero attached hydrogens (tertiary/aromatic N) is 3. The molecule has 148 valence electrons. The van der Waals surface area contributed by atoms with Crippen LogP contribution in [0.2, 0.25) is 0 Å². The van der Waals surface area contributed by atoms with Crippen molar-refractivity contribution < 1.29 is 9.69 Å². The summed E-state index contributed by atoms with van der Waals surface area (Å²) >= 11 is 0. The van der Waals surface area contributed by atoms with E-state index in [2.05, 4.69) is 23.0 Å². The lowest BCUT2D eigenvalue weighted by Crippen LogP contribution is -3.09. The molecule has 7 heteroatoms. The number of aromatic amines is 1. The Morgan fingerprint density at radius 3 is 2.75 bits per heavy atom. The molecule has 1 fully saturated rings. The summed E-state index contributed by atoms with van der Waals surface area (Å²) in [6.07, 6.45) is 3.39. The van der Waals surface area contributed by atoms with E-state index in [1.54, 1.807) is 18.0 Å². The third kappa shape index (κ3) is 4.07. The van der Waals surface area contributed by atoms with Gasteiger partial charge >= 0.3 is 0 Å². The van der Waals surface area contributed by atoms with Crippen molar-refractivity contribution in [1.29, 1.82) is 5.26 Å². The summed E-state index contributed by atoms with van der Waals surface area (Å²) in [5.74, 6) is 1.10. The molecule has 0 bridgehead atoms. The van der Waals surface area contributed by atoms with Crippen LogP contribution < -0.4 is 10.5 Å². The Balaban J connectivity index is 1.67. The summed E-state index contributed by atoms with van der Waals surface area (Å²) in [6.45, 7) is 2.86. The minimum absolute atomic E-state index is 0.0586. The number of H-pyrrole nitrogens is 1. The average Bonchev–Trinajstić information content (AvgIpc) is 2.68. The molecule has 1 amide bonds. The van der Waals surface area contributed by atoms with Crippen LogP contribution >= 0.6 is 0 Å². The number of para-hydroxylation sites is 1. The van der Waals surface area contributed by atoms with Gasteiger partial charge in [0.05, 0.1) is 24.0 Å². The number of amides is 1. The Morgan fingerprint density at radius 1 is 1.39 bits per heavy atom. The summed E-state index contributed by atoms with van der Waals surface area (Å²) in [5.41, 5.74) is -0.215. The minimum Gasteiger partial charge on any atom is -0.323 e. The SMILES string of the molecule is CC1CCC(C#N)(N(C)C(=O)C[NH+](C)Cc2nc3ccccc3c(=O)[nH]2)CC1. The van der Waals surface area contributed by atoms with Gasteiger partial charge in [-0.25, -0.2) is 4.98 Å². The Kier molecular flexibility index (Phi) is 5.80. The maximum Gasteiger partial charge on any atom is 0.278 e. The van der Waals surface area contributed by atoms with Crippen LogP contribution in [0.4, 0.5) is 0 Å². The van der Waals surface area contributed by atoms with Crippen LogP contribution in [0.3, 0.4) is 0 Å². The molecule has 7 nitrogen and oxygen atoms in total. The van der Waals surface area contributed by atoms with Gasteiger partial charge in [-0.3, -0.25) is 9.59 Å². The lowest BCUT2D eigenvalue weighted by atomic mass is 9.77. The first-order chi connectivity index (χ1) is 13.3. The van der Waals surface area contributed by atoms with Crippen molar-refractivity contribution in [3.63, 3.8) is 0 Å². The smallest absolute Gasteiger partial charge is 0.278 e. The van der Waals surface area contributed by atoms with Crippen LogP contribution in [0.15, 0.2) is 29.1 Å². The highest BCUT2D eigenvalue weighted by Gasteiger charge is 2.41. The molecule has 1 heterocycles. The zero-order valence-corrected chi connectivity index (χ0v) is 16.8. The van der Waals surface area contributed by atoms with Gasteiger partial charge in [-0.05, 0) is 43.7 Å². The third-order valence-electron chi connectivity index (χ3n) is 5.91. The van der Waals surface area contributed by atoms with Crippen molar-refractivity contribution in [2.45, 2.75) is 44.7 Å². The van der Waals surface area contributed by atoms with Crippen molar-refractivity contribution in [3.8, 4) is 6.07 Å². The molecule has 1 atom stereocenters. The van der Waals surface area contributed by atoms with Gasteiger partial charge in [-0.1, -0.05) is 19.1 Å². The second-order valence-electron chi connectivity index (χ2n) is 8.12. The van der Waals surface area contributed by atoms with E-state index in [0.717, 1.165) is 30.6 Å². The molecule has 1 aliphatic rings. The van der Waals surface area contributed by atoms with Gasteiger partial charge in [0.1, 0.15) is 12.1 Å². The normalized spacial score (nSPS) is 23.1. The fraction of sp³-hybridized carbons (Fsp3) is 0.524. The lowest BCUT2D eigenvalue weighted by Gasteiger charge is -2.40. The van der Waals surface area contributed by atoms with E-state index in [-0.39, 0.29) is 18.0 Å². The van der Waals surface area contributed by atoms with Crippen molar-refractivity contribution in [2.75, 3.05) is 20.6 Å². The highest BCUT2D eigenvalue weighted by atomic mass is 16.2. The topological polar surface area (TPSA) is 94.3 Å². The van der Waals surface area contributed by atoms with Gasteiger partial charge in [-0.15, -0.1) is 0 Å². The van der Waals surface area contributed by atoms with E-state index in [1.807, 2.05) is 25.2 Å². The maximum atomic E-state index is 12.8. The largest absolute Gasteiger partial charge is 0.323 e. The van der Waals surface area contributed by atoms with E-state index >= 15 is 0 Å². The molecule has 1 aromatic carbocycles. The molecule has 1 saturated carbocycles. The number of carbonyl (C=O) groups is 1. The summed E-state index contributed by atoms with van der Waals surface area (Å²) in [4.78, 5) is 34.9. The van der Waals surface area contributed by atoms with Crippen molar-refractivity contribution in [3.05, 3.63) is 40.4 Å². The molecule has 2 N–H and O–H groups in total. The van der Waals surface area contributed by atoms with Crippen molar-refractivity contribution in [2.24, 2.45) is 5.92 Å². The van der Waals surface area contributed by atoms with Gasteiger partial charge < -0.3 is 14.8 Å². The van der Waals surface area contributed by atoms with Gasteiger partial charge in [0.25, 0.3) is 11.5 Å². The van der Waals surface area contributed by atoms with E-state index in [9.17, 15) is 14.9 Å². The lowest BCUT2D eigenvalue weighted by molar-refractivity contribution is -0.886. The molecule has 28 heavy (non-hydrogen) atoms. The van der Waals surface area contributed by atoms with Gasteiger partial charge in [0, 0.05) is 7.05 Å². The summed E-state index contributed by atoms with van der Waals surface area (Å²) in [6, 6.07) is 9.61. The van der Waals surface area contributed by atoms with Gasteiger partial charge in [-0.2, -0.15) is 5.26 Å². The fourth-order valence-corrected chi connectivity index (χ4v) is 3.94. The van der Waals surface area contributed by atoms with E-state index in [4.69, 9.17) is 0 Å². The number of nitriles is 1. The highest BCUT2D eigenvalue weighted by Crippen LogP contribution is 2.35. The highest BCUT2D eigenvalue weighted by molar-refractivity contribution is 5.78. The van der Waals surface area contributed by atoms with Gasteiger partial charge in [0.2, 0.25) is 0 Å². The predicted molar refractivity (Wildman–Crippen MR) is 107 cm³/mol. The third-order valence-corrected chi connectivity index (χ3v) is 5.91. The number of fused-ring (bicyclic) bond motifs is 1. The van der Waals surface area contributed by atoms with Crippen LogP contribution in [0.1, 0.15) is 38.4 Å². The number of rotatable bonds is 5. The molecule has 1 aromatic heterocycles. The zero-order valence-electron chi connectivity index (χ0n) is 16.8. The van der Waals surface area contributed by atoms with Crippen LogP contribution in [0.25, 0.3) is 10.9 Å². The molecule has 2 aromatic rings. The Labute approximate surface area is 165 Å². The van der Waals surface area contributed by atoms with Crippen LogP contribution in [0, 0.1) is 17.2 Å². The monoisotopic (exact) mass is 382 g/mol. The summed E-state index contributed by atoms with van der Waals surface area (Å²) in [5, 5.41) is 10.3. The quantitative estimate of drug-likeness (QED) is 0.802. The van der Waals surface area contributed by atoms with Crippen molar-refractivity contribution in [1.82, 2.24) is 14.9 Å². The number of quaternary nitrogens is 1. The molecule has 0 spiro atoms. The Hall–Kier alpha value is -2.72. The first-order valence-corrected chi connectivity index (χ1v) is 9.82. The van der Waals surface area contributed by atoms with E-state index in [1.165, 1.54) is 0 Å². The molecule has 3 rings (SSSR count). The van der Waals surface area contributed by atoms with E-state index in [0.29, 0.717) is 29.2 Å². The number of nitrogens with one attached hydrogen (secondary N) is 2. The molecule has 1 unspecified atom stereocenters. The van der Waals surface area contributed by atoms with Crippen molar-refractivity contribution >= 4 is 16.8 Å². The number of hydrogen-bond donors (Lipinski definition) is 2. The Morgan fingerprint density at radius 2 is 2.07 bits per heavy atom. The molecule has 0 saturated heterocycles. The number of aromatic nitrogens is 2. The molecule has 0 aliphatic heterocycles. The second-order valence-corrected chi connectivity index (χ2v) is 8.12. The van der Waals surface area contributed by atoms with E-state index < -0.39 is 5.54 Å². The zero-order chi connectivity index (χ0) is 20.3. The summed E-state index contributed by atoms with van der Waals surface area (Å²) < 4.78 is 0. The van der Waals surface area contributed by atoms with Crippen LogP contribution in [0.5, 0.6) is 0 Å². The maximum absolute atomic E-state index is 12.8. The number of carbonyl (C=O) groups excluding carboxylic acids is 1. The second kappa shape index (κ2) is 8.11. The average molecular weight is 382 g/mol. The fourth-order valence-electron chi connectivity index (χ4n) is 3.94. The number of hydrogen-bond acceptors (Lipinski definition) is 4. The number of likely N-dealkylation sites (N-methyl/N-ethyl adjacent to an activating group) is 2. The predicted octanol–water partition coefficient (Wildman–Crippen LogP) is 0.869. The standard InChI is InChI=1S/C21H27N5O2/c1-15-8-10-21(14-22,11-9-15)26(3)19(27)13-25(2)12-18-23-17-7-5-4-6-16(17)20(28)24-18/h4-7,15H,8-13H2,1-3H3,(H,23,24,28)/p+1. The molecule has 0 radical (unpaired) electrons. The molecule has 1 aliphatic carbocycles. The molecular formula is C21H28N5O2+. The van der Waals surface area contributed by atoms with Crippen LogP contribution in [-0.4, -0.2) is 47.0 Å². The first-order valence-electron chi connectivity index (χ1n) is 9.82. The van der Waals surface area contributed by atoms with Gasteiger partial charge in [0.15, 0.2) is 12.4 Å². The number of benzene rings is 1. The first kappa shape index (κ1) is 20.0. The Bertz CT molecular complexity index is 953. The summed E-state index contributed by atoms with van der Waals surface area (Å²) in [7, 11) is 3.63. The molecular weight excluding hydrogens is 354 g/mol.